The van der Waals surface area contributed by atoms with Gasteiger partial charge in [0.1, 0.15) is 0 Å². The molecule has 20 heavy (non-hydrogen) atoms. The lowest BCUT2D eigenvalue weighted by molar-refractivity contribution is -0.103. The second-order valence-electron chi connectivity index (χ2n) is 4.88. The molecule has 1 heterocycles. The summed E-state index contributed by atoms with van der Waals surface area (Å²) in [7, 11) is 0. The molecule has 0 aliphatic carbocycles. The molecule has 0 saturated heterocycles. The lowest BCUT2D eigenvalue weighted by Gasteiger charge is -2.00. The van der Waals surface area contributed by atoms with Crippen molar-refractivity contribution < 1.29 is 4.79 Å². The van der Waals surface area contributed by atoms with E-state index in [1.54, 1.807) is 0 Å². The number of fused-ring (bicyclic) bond motifs is 1. The van der Waals surface area contributed by atoms with Gasteiger partial charge >= 0.3 is 0 Å². The second-order valence-corrected chi connectivity index (χ2v) is 4.88. The number of carbonyl (C=O) groups excluding carboxylic acids is 1. The highest BCUT2D eigenvalue weighted by molar-refractivity contribution is 6.17. The van der Waals surface area contributed by atoms with Gasteiger partial charge in [-0.05, 0) is 24.6 Å². The number of aromatic amines is 1. The van der Waals surface area contributed by atoms with E-state index in [9.17, 15) is 4.79 Å². The molecule has 2 heteroatoms. The molecule has 1 aromatic heterocycles. The lowest BCUT2D eigenvalue weighted by atomic mass is 10.0. The van der Waals surface area contributed by atoms with E-state index in [0.29, 0.717) is 5.57 Å². The zero-order valence-corrected chi connectivity index (χ0v) is 11.3. The summed E-state index contributed by atoms with van der Waals surface area (Å²) in [5, 5.41) is 1.07. The van der Waals surface area contributed by atoms with Crippen molar-refractivity contribution in [2.24, 2.45) is 0 Å². The monoisotopic (exact) mass is 261 g/mol. The molecule has 1 N–H and O–H groups in total. The van der Waals surface area contributed by atoms with Gasteiger partial charge in [0, 0.05) is 28.2 Å². The molecular formula is C18H15NO. The molecule has 2 aromatic carbocycles. The molecule has 0 aliphatic heterocycles. The van der Waals surface area contributed by atoms with E-state index in [4.69, 9.17) is 0 Å². The van der Waals surface area contributed by atoms with Crippen molar-refractivity contribution in [3.05, 3.63) is 71.4 Å². The van der Waals surface area contributed by atoms with Crippen molar-refractivity contribution >= 4 is 28.8 Å². The van der Waals surface area contributed by atoms with Crippen LogP contribution in [0.1, 0.15) is 16.7 Å². The molecule has 3 aromatic rings. The van der Waals surface area contributed by atoms with Crippen molar-refractivity contribution in [2.45, 2.75) is 6.92 Å². The third-order valence-electron chi connectivity index (χ3n) is 3.43. The molecular weight excluding hydrogens is 246 g/mol. The Hall–Kier alpha value is -2.61. The maximum absolute atomic E-state index is 11.4. The van der Waals surface area contributed by atoms with Crippen LogP contribution in [-0.4, -0.2) is 11.3 Å². The molecule has 0 amide bonds. The first kappa shape index (κ1) is 12.4. The maximum atomic E-state index is 11.4. The standard InChI is InChI=1S/C18H15NO/c1-13-6-8-14(9-7-13)10-15(12-20)17-11-19-18-5-3-2-4-16(17)18/h2-12,19H,1H3/b15-10-. The van der Waals surface area contributed by atoms with Crippen molar-refractivity contribution in [2.75, 3.05) is 0 Å². The van der Waals surface area contributed by atoms with Gasteiger partial charge < -0.3 is 4.98 Å². The SMILES string of the molecule is Cc1ccc(/C=C(/C=O)c2c[nH]c3ccccc23)cc1. The van der Waals surface area contributed by atoms with Crippen LogP contribution in [0.15, 0.2) is 54.7 Å². The summed E-state index contributed by atoms with van der Waals surface area (Å²) < 4.78 is 0. The van der Waals surface area contributed by atoms with Crippen LogP contribution in [0.5, 0.6) is 0 Å². The normalized spacial score (nSPS) is 11.8. The van der Waals surface area contributed by atoms with Crippen LogP contribution in [0.3, 0.4) is 0 Å². The van der Waals surface area contributed by atoms with Gasteiger partial charge in [0.05, 0.1) is 0 Å². The second kappa shape index (κ2) is 5.17. The smallest absolute Gasteiger partial charge is 0.150 e. The Bertz CT molecular complexity index is 779. The Morgan fingerprint density at radius 3 is 2.55 bits per heavy atom. The van der Waals surface area contributed by atoms with E-state index in [2.05, 4.69) is 4.98 Å². The minimum Gasteiger partial charge on any atom is -0.361 e. The van der Waals surface area contributed by atoms with Crippen LogP contribution in [0.4, 0.5) is 0 Å². The summed E-state index contributed by atoms with van der Waals surface area (Å²) in [5.41, 5.74) is 4.91. The summed E-state index contributed by atoms with van der Waals surface area (Å²) in [6, 6.07) is 16.1. The Labute approximate surface area is 117 Å². The predicted octanol–water partition coefficient (Wildman–Crippen LogP) is 4.22. The minimum atomic E-state index is 0.686. The number of aromatic nitrogens is 1. The first-order valence-electron chi connectivity index (χ1n) is 6.58. The molecule has 0 saturated carbocycles. The van der Waals surface area contributed by atoms with Gasteiger partial charge in [-0.15, -0.1) is 0 Å². The van der Waals surface area contributed by atoms with Crippen LogP contribution < -0.4 is 0 Å². The summed E-state index contributed by atoms with van der Waals surface area (Å²) >= 11 is 0. The van der Waals surface area contributed by atoms with E-state index in [-0.39, 0.29) is 0 Å². The summed E-state index contributed by atoms with van der Waals surface area (Å²) in [6.07, 6.45) is 4.72. The van der Waals surface area contributed by atoms with E-state index in [1.807, 2.05) is 67.7 Å². The van der Waals surface area contributed by atoms with E-state index in [1.165, 1.54) is 5.56 Å². The van der Waals surface area contributed by atoms with E-state index in [0.717, 1.165) is 28.3 Å². The van der Waals surface area contributed by atoms with Crippen molar-refractivity contribution in [3.8, 4) is 0 Å². The van der Waals surface area contributed by atoms with Gasteiger partial charge in [0.2, 0.25) is 0 Å². The molecule has 98 valence electrons. The fourth-order valence-electron chi connectivity index (χ4n) is 2.33. The molecule has 0 unspecified atom stereocenters. The zero-order chi connectivity index (χ0) is 13.9. The van der Waals surface area contributed by atoms with Crippen LogP contribution >= 0.6 is 0 Å². The highest BCUT2D eigenvalue weighted by Gasteiger charge is 2.07. The molecule has 0 aliphatic rings. The average Bonchev–Trinajstić information content (AvgIpc) is 2.91. The average molecular weight is 261 g/mol. The van der Waals surface area contributed by atoms with Crippen LogP contribution in [0, 0.1) is 6.92 Å². The number of benzene rings is 2. The number of carbonyl (C=O) groups is 1. The predicted molar refractivity (Wildman–Crippen MR) is 83.4 cm³/mol. The molecule has 0 bridgehead atoms. The third-order valence-corrected chi connectivity index (χ3v) is 3.43. The summed E-state index contributed by atoms with van der Waals surface area (Å²) in [5.74, 6) is 0. The van der Waals surface area contributed by atoms with Gasteiger partial charge in [-0.3, -0.25) is 4.79 Å². The number of aryl methyl sites for hydroxylation is 1. The van der Waals surface area contributed by atoms with E-state index < -0.39 is 0 Å². The highest BCUT2D eigenvalue weighted by atomic mass is 16.1. The van der Waals surface area contributed by atoms with Crippen LogP contribution in [0.25, 0.3) is 22.6 Å². The molecule has 2 nitrogen and oxygen atoms in total. The zero-order valence-electron chi connectivity index (χ0n) is 11.3. The Kier molecular flexibility index (Phi) is 3.21. The molecule has 0 radical (unpaired) electrons. The molecule has 0 spiro atoms. The molecule has 3 rings (SSSR count). The highest BCUT2D eigenvalue weighted by Crippen LogP contribution is 2.25. The van der Waals surface area contributed by atoms with Gasteiger partial charge in [0.25, 0.3) is 0 Å². The quantitative estimate of drug-likeness (QED) is 0.556. The van der Waals surface area contributed by atoms with Crippen LogP contribution in [0.2, 0.25) is 0 Å². The third kappa shape index (κ3) is 2.28. The van der Waals surface area contributed by atoms with Gasteiger partial charge in [-0.25, -0.2) is 0 Å². The topological polar surface area (TPSA) is 32.9 Å². The van der Waals surface area contributed by atoms with Gasteiger partial charge in [-0.1, -0.05) is 48.0 Å². The Morgan fingerprint density at radius 1 is 1.05 bits per heavy atom. The first-order chi connectivity index (χ1) is 9.78. The minimum absolute atomic E-state index is 0.686. The van der Waals surface area contributed by atoms with Crippen molar-refractivity contribution in [1.29, 1.82) is 0 Å². The number of nitrogens with one attached hydrogen (secondary N) is 1. The van der Waals surface area contributed by atoms with Crippen molar-refractivity contribution in [1.82, 2.24) is 4.98 Å². The number of hydrogen-bond acceptors (Lipinski definition) is 1. The number of rotatable bonds is 3. The number of para-hydroxylation sites is 1. The largest absolute Gasteiger partial charge is 0.361 e. The first-order valence-corrected chi connectivity index (χ1v) is 6.58. The number of H-pyrrole nitrogens is 1. The fourth-order valence-corrected chi connectivity index (χ4v) is 2.33. The number of aldehydes is 1. The number of allylic oxidation sites excluding steroid dienone is 1. The van der Waals surface area contributed by atoms with Crippen LogP contribution in [-0.2, 0) is 4.79 Å². The Morgan fingerprint density at radius 2 is 1.80 bits per heavy atom. The van der Waals surface area contributed by atoms with Crippen molar-refractivity contribution in [3.63, 3.8) is 0 Å². The maximum Gasteiger partial charge on any atom is 0.150 e. The lowest BCUT2D eigenvalue weighted by Crippen LogP contribution is -1.85. The van der Waals surface area contributed by atoms with E-state index >= 15 is 0 Å². The fraction of sp³-hybridized carbons (Fsp3) is 0.0556. The summed E-state index contributed by atoms with van der Waals surface area (Å²) in [6.45, 7) is 2.05. The van der Waals surface area contributed by atoms with Gasteiger partial charge in [0.15, 0.2) is 6.29 Å². The molecule has 0 atom stereocenters. The summed E-state index contributed by atoms with van der Waals surface area (Å²) in [4.78, 5) is 14.6. The number of hydrogen-bond donors (Lipinski definition) is 1. The van der Waals surface area contributed by atoms with Gasteiger partial charge in [-0.2, -0.15) is 0 Å². The Balaban J connectivity index is 2.09. The molecule has 0 fully saturated rings.